The van der Waals surface area contributed by atoms with E-state index < -0.39 is 0 Å². The van der Waals surface area contributed by atoms with E-state index in [1.807, 2.05) is 29.2 Å². The monoisotopic (exact) mass is 327 g/mol. The molecule has 1 amide bonds. The predicted octanol–water partition coefficient (Wildman–Crippen LogP) is 1.77. The van der Waals surface area contributed by atoms with Crippen molar-refractivity contribution in [2.24, 2.45) is 0 Å². The molecule has 1 heterocycles. The fourth-order valence-electron chi connectivity index (χ4n) is 3.50. The van der Waals surface area contributed by atoms with Gasteiger partial charge in [0.1, 0.15) is 0 Å². The Morgan fingerprint density at radius 3 is 2.33 bits per heavy atom. The largest absolute Gasteiger partial charge is 0.395 e. The van der Waals surface area contributed by atoms with Crippen LogP contribution in [0, 0.1) is 11.3 Å². The minimum absolute atomic E-state index is 0.0556. The number of carbonyl (C=O) groups is 1. The Kier molecular flexibility index (Phi) is 4.88. The van der Waals surface area contributed by atoms with Crippen LogP contribution in [0.25, 0.3) is 0 Å². The Morgan fingerprint density at radius 1 is 1.25 bits per heavy atom. The molecule has 2 fully saturated rings. The zero-order valence-corrected chi connectivity index (χ0v) is 14.2. The number of carbonyl (C=O) groups excluding carboxylic acids is 1. The van der Waals surface area contributed by atoms with Gasteiger partial charge in [-0.25, -0.2) is 0 Å². The Labute approximate surface area is 143 Å². The summed E-state index contributed by atoms with van der Waals surface area (Å²) in [5.74, 6) is 0.0556. The third kappa shape index (κ3) is 3.17. The molecule has 1 N–H and O–H groups in total. The SMILES string of the molecule is CCC(CO)N1CCN(C(=O)c2ccc(C3(C#N)CC3)cc2)CC1. The van der Waals surface area contributed by atoms with Crippen molar-refractivity contribution in [3.8, 4) is 6.07 Å². The Hall–Kier alpha value is -1.90. The highest BCUT2D eigenvalue weighted by Gasteiger charge is 2.44. The van der Waals surface area contributed by atoms with Gasteiger partial charge >= 0.3 is 0 Å². The van der Waals surface area contributed by atoms with Crippen molar-refractivity contribution in [3.63, 3.8) is 0 Å². The minimum Gasteiger partial charge on any atom is -0.395 e. The molecular weight excluding hydrogens is 302 g/mol. The number of nitriles is 1. The number of amides is 1. The molecule has 0 spiro atoms. The fourth-order valence-corrected chi connectivity index (χ4v) is 3.50. The summed E-state index contributed by atoms with van der Waals surface area (Å²) in [4.78, 5) is 16.8. The van der Waals surface area contributed by atoms with Gasteiger partial charge < -0.3 is 10.0 Å². The van der Waals surface area contributed by atoms with E-state index in [1.54, 1.807) is 0 Å². The maximum absolute atomic E-state index is 12.7. The molecule has 1 saturated carbocycles. The van der Waals surface area contributed by atoms with E-state index in [2.05, 4.69) is 17.9 Å². The number of piperazine rings is 1. The number of rotatable bonds is 5. The van der Waals surface area contributed by atoms with Crippen LogP contribution in [-0.2, 0) is 5.41 Å². The first kappa shape index (κ1) is 16.9. The first-order chi connectivity index (χ1) is 11.6. The highest BCUT2D eigenvalue weighted by molar-refractivity contribution is 5.94. The number of nitrogens with zero attached hydrogens (tertiary/aromatic N) is 3. The maximum atomic E-state index is 12.7. The fraction of sp³-hybridized carbons (Fsp3) is 0.579. The molecule has 5 heteroatoms. The summed E-state index contributed by atoms with van der Waals surface area (Å²) in [5.41, 5.74) is 1.42. The van der Waals surface area contributed by atoms with Gasteiger partial charge in [-0.05, 0) is 37.0 Å². The summed E-state index contributed by atoms with van der Waals surface area (Å²) < 4.78 is 0. The van der Waals surface area contributed by atoms with Crippen LogP contribution in [-0.4, -0.2) is 59.6 Å². The van der Waals surface area contributed by atoms with Crippen molar-refractivity contribution in [2.45, 2.75) is 37.6 Å². The summed E-state index contributed by atoms with van der Waals surface area (Å²) in [5, 5.41) is 18.7. The van der Waals surface area contributed by atoms with Crippen LogP contribution in [0.3, 0.4) is 0 Å². The molecule has 1 aliphatic heterocycles. The predicted molar refractivity (Wildman–Crippen MR) is 91.6 cm³/mol. The summed E-state index contributed by atoms with van der Waals surface area (Å²) in [6.45, 7) is 5.25. The molecule has 1 aliphatic carbocycles. The van der Waals surface area contributed by atoms with Crippen molar-refractivity contribution >= 4 is 5.91 Å². The summed E-state index contributed by atoms with van der Waals surface area (Å²) >= 11 is 0. The molecule has 0 radical (unpaired) electrons. The van der Waals surface area contributed by atoms with Crippen molar-refractivity contribution in [2.75, 3.05) is 32.8 Å². The first-order valence-corrected chi connectivity index (χ1v) is 8.79. The van der Waals surface area contributed by atoms with Crippen LogP contribution in [0.4, 0.5) is 0 Å². The van der Waals surface area contributed by atoms with Crippen LogP contribution in [0.15, 0.2) is 24.3 Å². The third-order valence-corrected chi connectivity index (χ3v) is 5.45. The molecule has 24 heavy (non-hydrogen) atoms. The Morgan fingerprint density at radius 2 is 1.88 bits per heavy atom. The molecule has 1 atom stereocenters. The highest BCUT2D eigenvalue weighted by Crippen LogP contribution is 2.47. The van der Waals surface area contributed by atoms with E-state index in [0.717, 1.165) is 37.9 Å². The second-order valence-corrected chi connectivity index (χ2v) is 6.84. The van der Waals surface area contributed by atoms with Crippen LogP contribution in [0.2, 0.25) is 0 Å². The van der Waals surface area contributed by atoms with E-state index in [-0.39, 0.29) is 24.0 Å². The molecule has 128 valence electrons. The van der Waals surface area contributed by atoms with Crippen LogP contribution in [0.5, 0.6) is 0 Å². The van der Waals surface area contributed by atoms with E-state index in [1.165, 1.54) is 0 Å². The van der Waals surface area contributed by atoms with Crippen LogP contribution in [0.1, 0.15) is 42.1 Å². The second kappa shape index (κ2) is 6.92. The molecule has 5 nitrogen and oxygen atoms in total. The average molecular weight is 327 g/mol. The summed E-state index contributed by atoms with van der Waals surface area (Å²) in [6, 6.07) is 10.1. The quantitative estimate of drug-likeness (QED) is 0.895. The minimum atomic E-state index is -0.299. The number of hydrogen-bond acceptors (Lipinski definition) is 4. The molecule has 0 bridgehead atoms. The molecule has 3 rings (SSSR count). The Bertz CT molecular complexity index is 619. The normalized spacial score (nSPS) is 21.1. The standard InChI is InChI=1S/C19H25N3O2/c1-2-17(13-23)21-9-11-22(12-10-21)18(24)15-3-5-16(6-4-15)19(14-20)7-8-19/h3-6,17,23H,2,7-13H2,1H3. The molecular formula is C19H25N3O2. The van der Waals surface area contributed by atoms with Gasteiger partial charge in [0, 0.05) is 37.8 Å². The average Bonchev–Trinajstić information content (AvgIpc) is 3.44. The molecule has 1 unspecified atom stereocenters. The number of aliphatic hydroxyl groups excluding tert-OH is 1. The van der Waals surface area contributed by atoms with Crippen LogP contribution < -0.4 is 0 Å². The lowest BCUT2D eigenvalue weighted by molar-refractivity contribution is 0.0472. The van der Waals surface area contributed by atoms with E-state index >= 15 is 0 Å². The lowest BCUT2D eigenvalue weighted by Crippen LogP contribution is -2.52. The lowest BCUT2D eigenvalue weighted by Gasteiger charge is -2.38. The van der Waals surface area contributed by atoms with Crippen molar-refractivity contribution < 1.29 is 9.90 Å². The summed E-state index contributed by atoms with van der Waals surface area (Å²) in [7, 11) is 0. The van der Waals surface area contributed by atoms with Gasteiger partial charge in [0.15, 0.2) is 0 Å². The van der Waals surface area contributed by atoms with Crippen molar-refractivity contribution in [1.82, 2.24) is 9.80 Å². The third-order valence-electron chi connectivity index (χ3n) is 5.45. The maximum Gasteiger partial charge on any atom is 0.253 e. The van der Waals surface area contributed by atoms with Gasteiger partial charge in [-0.15, -0.1) is 0 Å². The van der Waals surface area contributed by atoms with Gasteiger partial charge in [0.05, 0.1) is 18.1 Å². The van der Waals surface area contributed by atoms with E-state index in [0.29, 0.717) is 18.7 Å². The second-order valence-electron chi connectivity index (χ2n) is 6.84. The Balaban J connectivity index is 1.61. The van der Waals surface area contributed by atoms with Crippen molar-refractivity contribution in [3.05, 3.63) is 35.4 Å². The van der Waals surface area contributed by atoms with E-state index in [9.17, 15) is 15.2 Å². The van der Waals surface area contributed by atoms with Gasteiger partial charge in [0.2, 0.25) is 0 Å². The number of aliphatic hydroxyl groups is 1. The first-order valence-electron chi connectivity index (χ1n) is 8.79. The molecule has 2 aliphatic rings. The zero-order chi connectivity index (χ0) is 17.2. The lowest BCUT2D eigenvalue weighted by atomic mass is 9.96. The number of hydrogen-bond donors (Lipinski definition) is 1. The molecule has 0 aromatic heterocycles. The van der Waals surface area contributed by atoms with Gasteiger partial charge in [-0.1, -0.05) is 19.1 Å². The van der Waals surface area contributed by atoms with Crippen molar-refractivity contribution in [1.29, 1.82) is 5.26 Å². The van der Waals surface area contributed by atoms with Gasteiger partial charge in [-0.3, -0.25) is 9.69 Å². The smallest absolute Gasteiger partial charge is 0.253 e. The topological polar surface area (TPSA) is 67.6 Å². The van der Waals surface area contributed by atoms with E-state index in [4.69, 9.17) is 0 Å². The molecule has 1 saturated heterocycles. The number of benzene rings is 1. The molecule has 1 aromatic carbocycles. The van der Waals surface area contributed by atoms with Crippen LogP contribution >= 0.6 is 0 Å². The zero-order valence-electron chi connectivity index (χ0n) is 14.2. The highest BCUT2D eigenvalue weighted by atomic mass is 16.3. The summed E-state index contributed by atoms with van der Waals surface area (Å²) in [6.07, 6.45) is 2.76. The van der Waals surface area contributed by atoms with Gasteiger partial charge in [-0.2, -0.15) is 5.26 Å². The van der Waals surface area contributed by atoms with Gasteiger partial charge in [0.25, 0.3) is 5.91 Å². The molecule has 1 aromatic rings.